The number of alkyl halides is 2. The lowest BCUT2D eigenvalue weighted by Gasteiger charge is -2.40. The third-order valence-electron chi connectivity index (χ3n) is 7.21. The Bertz CT molecular complexity index is 913. The van der Waals surface area contributed by atoms with Gasteiger partial charge in [0, 0.05) is 38.0 Å². The Morgan fingerprint density at radius 3 is 2.55 bits per heavy atom. The maximum atomic E-state index is 13.5. The SMILES string of the molecule is Cc1nn2cc(C(N)C3CCC(F)(F)CC3)nc2nc1N1CCN(C)C2(CC2)C1. The summed E-state index contributed by atoms with van der Waals surface area (Å²) in [4.78, 5) is 14.2. The van der Waals surface area contributed by atoms with Crippen molar-refractivity contribution in [1.29, 1.82) is 0 Å². The number of anilines is 1. The van der Waals surface area contributed by atoms with Gasteiger partial charge in [0.2, 0.25) is 5.92 Å². The Hall–Kier alpha value is -1.87. The number of imidazole rings is 1. The van der Waals surface area contributed by atoms with Crippen LogP contribution in [0.4, 0.5) is 14.6 Å². The van der Waals surface area contributed by atoms with Crippen molar-refractivity contribution < 1.29 is 8.78 Å². The van der Waals surface area contributed by atoms with Crippen LogP contribution in [0.1, 0.15) is 56.0 Å². The highest BCUT2D eigenvalue weighted by atomic mass is 19.3. The highest BCUT2D eigenvalue weighted by molar-refractivity contribution is 5.49. The lowest BCUT2D eigenvalue weighted by molar-refractivity contribution is -0.0484. The fourth-order valence-electron chi connectivity index (χ4n) is 4.96. The van der Waals surface area contributed by atoms with Crippen molar-refractivity contribution in [3.8, 4) is 0 Å². The van der Waals surface area contributed by atoms with Crippen LogP contribution in [0.25, 0.3) is 5.78 Å². The number of nitrogens with two attached hydrogens (primary N) is 1. The lowest BCUT2D eigenvalue weighted by atomic mass is 9.81. The van der Waals surface area contributed by atoms with E-state index in [-0.39, 0.29) is 24.8 Å². The molecule has 9 heteroatoms. The lowest BCUT2D eigenvalue weighted by Crippen LogP contribution is -2.53. The van der Waals surface area contributed by atoms with Crippen LogP contribution in [0.15, 0.2) is 6.20 Å². The number of piperazine rings is 1. The molecular formula is C20H29F2N7. The molecule has 1 atom stereocenters. The third kappa shape index (κ3) is 3.38. The molecule has 158 valence electrons. The highest BCUT2D eigenvalue weighted by Gasteiger charge is 2.50. The molecule has 1 unspecified atom stereocenters. The van der Waals surface area contributed by atoms with Crippen molar-refractivity contribution in [2.45, 2.75) is 63.0 Å². The van der Waals surface area contributed by atoms with Gasteiger partial charge in [-0.05, 0) is 45.6 Å². The first-order chi connectivity index (χ1) is 13.8. The van der Waals surface area contributed by atoms with Gasteiger partial charge in [0.15, 0.2) is 5.82 Å². The standard InChI is InChI=1S/C20H29F2N7/c1-13-17(28-10-9-27(2)19(12-28)7-8-19)25-18-24-15(11-29(18)26-13)16(23)14-3-5-20(21,22)6-4-14/h11,14,16H,3-10,12,23H2,1-2H3. The molecular weight excluding hydrogens is 376 g/mol. The first-order valence-electron chi connectivity index (χ1n) is 10.6. The van der Waals surface area contributed by atoms with Crippen LogP contribution in [0.5, 0.6) is 0 Å². The first-order valence-corrected chi connectivity index (χ1v) is 10.6. The number of hydrogen-bond acceptors (Lipinski definition) is 6. The van der Waals surface area contributed by atoms with Gasteiger partial charge in [0.1, 0.15) is 5.69 Å². The minimum Gasteiger partial charge on any atom is -0.352 e. The topological polar surface area (TPSA) is 75.6 Å². The molecule has 2 aromatic heterocycles. The van der Waals surface area contributed by atoms with Crippen molar-refractivity contribution in [2.75, 3.05) is 31.6 Å². The Morgan fingerprint density at radius 2 is 1.86 bits per heavy atom. The average Bonchev–Trinajstić information content (AvgIpc) is 3.33. The molecule has 3 heterocycles. The summed E-state index contributed by atoms with van der Waals surface area (Å²) in [5.74, 6) is -1.11. The van der Waals surface area contributed by atoms with E-state index in [9.17, 15) is 8.78 Å². The molecule has 5 rings (SSSR count). The summed E-state index contributed by atoms with van der Waals surface area (Å²) in [6.45, 7) is 4.89. The molecule has 29 heavy (non-hydrogen) atoms. The molecule has 2 N–H and O–H groups in total. The van der Waals surface area contributed by atoms with Gasteiger partial charge in [-0.25, -0.2) is 18.3 Å². The van der Waals surface area contributed by atoms with E-state index in [0.717, 1.165) is 31.1 Å². The van der Waals surface area contributed by atoms with Gasteiger partial charge >= 0.3 is 0 Å². The zero-order valence-electron chi connectivity index (χ0n) is 17.1. The van der Waals surface area contributed by atoms with Gasteiger partial charge in [-0.3, -0.25) is 4.90 Å². The number of rotatable bonds is 3. The quantitative estimate of drug-likeness (QED) is 0.846. The predicted octanol–water partition coefficient (Wildman–Crippen LogP) is 2.54. The normalized spacial score (nSPS) is 25.6. The maximum absolute atomic E-state index is 13.5. The second-order valence-corrected chi connectivity index (χ2v) is 9.22. The van der Waals surface area contributed by atoms with Crippen LogP contribution in [0, 0.1) is 12.8 Å². The van der Waals surface area contributed by atoms with E-state index in [1.165, 1.54) is 12.8 Å². The molecule has 0 bridgehead atoms. The predicted molar refractivity (Wildman–Crippen MR) is 106 cm³/mol. The van der Waals surface area contributed by atoms with E-state index in [1.807, 2.05) is 13.1 Å². The van der Waals surface area contributed by atoms with Crippen LogP contribution in [0.3, 0.4) is 0 Å². The molecule has 7 nitrogen and oxygen atoms in total. The summed E-state index contributed by atoms with van der Waals surface area (Å²) in [6, 6.07) is -0.364. The van der Waals surface area contributed by atoms with E-state index in [1.54, 1.807) is 4.52 Å². The minimum atomic E-state index is -2.55. The fraction of sp³-hybridized carbons (Fsp3) is 0.750. The van der Waals surface area contributed by atoms with Gasteiger partial charge in [-0.15, -0.1) is 0 Å². The average molecular weight is 405 g/mol. The van der Waals surface area contributed by atoms with Crippen LogP contribution < -0.4 is 10.6 Å². The highest BCUT2D eigenvalue weighted by Crippen LogP contribution is 2.44. The zero-order valence-corrected chi connectivity index (χ0v) is 17.1. The number of likely N-dealkylation sites (N-methyl/N-ethyl adjacent to an activating group) is 1. The van der Waals surface area contributed by atoms with E-state index in [2.05, 4.69) is 26.9 Å². The second kappa shape index (κ2) is 6.57. The Morgan fingerprint density at radius 1 is 1.14 bits per heavy atom. The van der Waals surface area contributed by atoms with Gasteiger partial charge < -0.3 is 10.6 Å². The third-order valence-corrected chi connectivity index (χ3v) is 7.21. The molecule has 1 spiro atoms. The molecule has 1 aliphatic heterocycles. The van der Waals surface area contributed by atoms with Gasteiger partial charge in [0.25, 0.3) is 5.78 Å². The van der Waals surface area contributed by atoms with E-state index in [0.29, 0.717) is 29.9 Å². The molecule has 2 aliphatic carbocycles. The van der Waals surface area contributed by atoms with Crippen molar-refractivity contribution >= 4 is 11.6 Å². The molecule has 2 saturated carbocycles. The first kappa shape index (κ1) is 19.1. The number of nitrogens with zero attached hydrogens (tertiary/aromatic N) is 6. The van der Waals surface area contributed by atoms with Crippen LogP contribution in [-0.2, 0) is 0 Å². The van der Waals surface area contributed by atoms with Crippen molar-refractivity contribution in [3.63, 3.8) is 0 Å². The summed E-state index contributed by atoms with van der Waals surface area (Å²) in [5, 5.41) is 4.67. The number of halogens is 2. The summed E-state index contributed by atoms with van der Waals surface area (Å²) in [5.41, 5.74) is 8.26. The summed E-state index contributed by atoms with van der Waals surface area (Å²) in [6.07, 6.45) is 4.94. The van der Waals surface area contributed by atoms with Gasteiger partial charge in [0.05, 0.1) is 17.9 Å². The zero-order chi connectivity index (χ0) is 20.4. The largest absolute Gasteiger partial charge is 0.352 e. The molecule has 3 fully saturated rings. The Balaban J connectivity index is 1.38. The molecule has 1 saturated heterocycles. The number of fused-ring (bicyclic) bond motifs is 1. The Labute approximate surface area is 169 Å². The van der Waals surface area contributed by atoms with E-state index < -0.39 is 5.92 Å². The van der Waals surface area contributed by atoms with Gasteiger partial charge in [-0.1, -0.05) is 0 Å². The maximum Gasteiger partial charge on any atom is 0.252 e. The summed E-state index contributed by atoms with van der Waals surface area (Å²) in [7, 11) is 2.20. The number of aryl methyl sites for hydroxylation is 1. The van der Waals surface area contributed by atoms with Crippen LogP contribution in [0.2, 0.25) is 0 Å². The van der Waals surface area contributed by atoms with Gasteiger partial charge in [-0.2, -0.15) is 10.1 Å². The summed E-state index contributed by atoms with van der Waals surface area (Å²) < 4.78 is 28.6. The molecule has 0 amide bonds. The monoisotopic (exact) mass is 405 g/mol. The molecule has 2 aromatic rings. The fourth-order valence-corrected chi connectivity index (χ4v) is 4.96. The summed E-state index contributed by atoms with van der Waals surface area (Å²) >= 11 is 0. The van der Waals surface area contributed by atoms with Crippen molar-refractivity contribution in [1.82, 2.24) is 24.5 Å². The van der Waals surface area contributed by atoms with E-state index >= 15 is 0 Å². The van der Waals surface area contributed by atoms with Crippen molar-refractivity contribution in [3.05, 3.63) is 17.6 Å². The molecule has 0 aromatic carbocycles. The Kier molecular flexibility index (Phi) is 4.33. The van der Waals surface area contributed by atoms with E-state index in [4.69, 9.17) is 10.7 Å². The minimum absolute atomic E-state index is 0.0208. The van der Waals surface area contributed by atoms with Crippen molar-refractivity contribution in [2.24, 2.45) is 11.7 Å². The molecule has 3 aliphatic rings. The number of hydrogen-bond donors (Lipinski definition) is 1. The van der Waals surface area contributed by atoms with Crippen LogP contribution >= 0.6 is 0 Å². The smallest absolute Gasteiger partial charge is 0.252 e. The molecule has 0 radical (unpaired) electrons. The number of aromatic nitrogens is 4. The van der Waals surface area contributed by atoms with Crippen LogP contribution in [-0.4, -0.2) is 62.6 Å². The second-order valence-electron chi connectivity index (χ2n) is 9.22.